The summed E-state index contributed by atoms with van der Waals surface area (Å²) in [5.41, 5.74) is 1.82. The van der Waals surface area contributed by atoms with E-state index in [-0.39, 0.29) is 11.9 Å². The van der Waals surface area contributed by atoms with Gasteiger partial charge in [-0.15, -0.1) is 0 Å². The van der Waals surface area contributed by atoms with E-state index in [0.29, 0.717) is 5.69 Å². The van der Waals surface area contributed by atoms with Crippen LogP contribution in [-0.4, -0.2) is 16.5 Å². The Bertz CT molecular complexity index is 313. The van der Waals surface area contributed by atoms with Crippen LogP contribution in [0.3, 0.4) is 0 Å². The van der Waals surface area contributed by atoms with Gasteiger partial charge in [-0.3, -0.25) is 4.79 Å². The predicted molar refractivity (Wildman–Crippen MR) is 52.8 cm³/mol. The lowest BCUT2D eigenvalue weighted by Gasteiger charge is -2.08. The van der Waals surface area contributed by atoms with Crippen molar-refractivity contribution < 1.29 is 4.79 Å². The minimum Gasteiger partial charge on any atom is -0.349 e. The van der Waals surface area contributed by atoms with Gasteiger partial charge in [0.1, 0.15) is 5.69 Å². The summed E-state index contributed by atoms with van der Waals surface area (Å²) in [5.74, 6) is -0.00870. The molecule has 0 radical (unpaired) electrons. The van der Waals surface area contributed by atoms with Crippen LogP contribution in [0.25, 0.3) is 0 Å². The second kappa shape index (κ2) is 3.64. The molecule has 3 heteroatoms. The second-order valence-corrected chi connectivity index (χ2v) is 3.64. The van der Waals surface area contributed by atoms with Gasteiger partial charge in [0.2, 0.25) is 0 Å². The summed E-state index contributed by atoms with van der Waals surface area (Å²) >= 11 is 0. The maximum Gasteiger partial charge on any atom is 0.268 e. The number of amides is 1. The van der Waals surface area contributed by atoms with Crippen molar-refractivity contribution in [1.82, 2.24) is 9.88 Å². The number of nitrogens with zero attached hydrogens (tertiary/aromatic N) is 1. The Hall–Kier alpha value is -1.25. The van der Waals surface area contributed by atoms with E-state index in [2.05, 4.69) is 5.32 Å². The van der Waals surface area contributed by atoms with E-state index < -0.39 is 0 Å². The molecule has 0 fully saturated rings. The molecule has 13 heavy (non-hydrogen) atoms. The number of aromatic nitrogens is 1. The van der Waals surface area contributed by atoms with Crippen LogP contribution in [0, 0.1) is 6.92 Å². The van der Waals surface area contributed by atoms with Crippen molar-refractivity contribution in [2.24, 2.45) is 7.05 Å². The van der Waals surface area contributed by atoms with Gasteiger partial charge < -0.3 is 9.88 Å². The molecule has 0 bridgehead atoms. The standard InChI is InChI=1S/C10H16N2O/c1-7(2)11-10(13)9-5-8(3)6-12(9)4/h5-7H,1-4H3,(H,11,13). The van der Waals surface area contributed by atoms with Crippen LogP contribution in [0.15, 0.2) is 12.3 Å². The maximum atomic E-state index is 11.6. The molecule has 1 amide bonds. The van der Waals surface area contributed by atoms with Gasteiger partial charge in [0.05, 0.1) is 0 Å². The highest BCUT2D eigenvalue weighted by Gasteiger charge is 2.10. The van der Waals surface area contributed by atoms with Gasteiger partial charge in [0, 0.05) is 19.3 Å². The number of carbonyl (C=O) groups is 1. The molecular weight excluding hydrogens is 164 g/mol. The summed E-state index contributed by atoms with van der Waals surface area (Å²) in [6, 6.07) is 2.07. The molecule has 1 aromatic rings. The van der Waals surface area contributed by atoms with Crippen molar-refractivity contribution in [1.29, 1.82) is 0 Å². The largest absolute Gasteiger partial charge is 0.349 e. The molecule has 0 saturated heterocycles. The van der Waals surface area contributed by atoms with Crippen molar-refractivity contribution in [2.75, 3.05) is 0 Å². The van der Waals surface area contributed by atoms with Crippen LogP contribution < -0.4 is 5.32 Å². The van der Waals surface area contributed by atoms with Crippen LogP contribution in [-0.2, 0) is 7.05 Å². The Morgan fingerprint density at radius 2 is 2.15 bits per heavy atom. The van der Waals surface area contributed by atoms with Crippen molar-refractivity contribution in [3.8, 4) is 0 Å². The molecule has 0 aromatic carbocycles. The highest BCUT2D eigenvalue weighted by atomic mass is 16.2. The van der Waals surface area contributed by atoms with Crippen LogP contribution in [0.1, 0.15) is 29.9 Å². The monoisotopic (exact) mass is 180 g/mol. The molecule has 0 unspecified atom stereocenters. The van der Waals surface area contributed by atoms with Crippen LogP contribution in [0.5, 0.6) is 0 Å². The van der Waals surface area contributed by atoms with Gasteiger partial charge >= 0.3 is 0 Å². The van der Waals surface area contributed by atoms with Crippen molar-refractivity contribution in [2.45, 2.75) is 26.8 Å². The van der Waals surface area contributed by atoms with Gasteiger partial charge in [0.25, 0.3) is 5.91 Å². The zero-order valence-corrected chi connectivity index (χ0v) is 8.59. The molecule has 1 heterocycles. The fraction of sp³-hybridized carbons (Fsp3) is 0.500. The van der Waals surface area contributed by atoms with Crippen LogP contribution >= 0.6 is 0 Å². The lowest BCUT2D eigenvalue weighted by molar-refractivity contribution is 0.0935. The van der Waals surface area contributed by atoms with E-state index in [4.69, 9.17) is 0 Å². The molecule has 1 N–H and O–H groups in total. The van der Waals surface area contributed by atoms with E-state index in [9.17, 15) is 4.79 Å². The molecule has 0 saturated carbocycles. The first-order valence-corrected chi connectivity index (χ1v) is 4.44. The average Bonchev–Trinajstić information content (AvgIpc) is 2.28. The summed E-state index contributed by atoms with van der Waals surface area (Å²) in [6.45, 7) is 5.88. The Kier molecular flexibility index (Phi) is 2.76. The molecule has 1 aromatic heterocycles. The van der Waals surface area contributed by atoms with E-state index in [1.807, 2.05) is 44.6 Å². The molecule has 0 aliphatic heterocycles. The summed E-state index contributed by atoms with van der Waals surface area (Å²) < 4.78 is 1.84. The fourth-order valence-corrected chi connectivity index (χ4v) is 1.29. The SMILES string of the molecule is Cc1cc(C(=O)NC(C)C)n(C)c1. The van der Waals surface area contributed by atoms with Gasteiger partial charge in [-0.2, -0.15) is 0 Å². The van der Waals surface area contributed by atoms with Crippen molar-refractivity contribution in [3.63, 3.8) is 0 Å². The average molecular weight is 180 g/mol. The first kappa shape index (κ1) is 9.84. The molecule has 0 aliphatic carbocycles. The molecule has 3 nitrogen and oxygen atoms in total. The predicted octanol–water partition coefficient (Wildman–Crippen LogP) is 1.47. The lowest BCUT2D eigenvalue weighted by Crippen LogP contribution is -2.31. The number of nitrogens with one attached hydrogen (secondary N) is 1. The summed E-state index contributed by atoms with van der Waals surface area (Å²) in [4.78, 5) is 11.6. The van der Waals surface area contributed by atoms with Gasteiger partial charge in [0.15, 0.2) is 0 Å². The van der Waals surface area contributed by atoms with Crippen molar-refractivity contribution in [3.05, 3.63) is 23.5 Å². The van der Waals surface area contributed by atoms with E-state index in [0.717, 1.165) is 5.56 Å². The summed E-state index contributed by atoms with van der Waals surface area (Å²) in [5, 5.41) is 2.85. The first-order valence-electron chi connectivity index (χ1n) is 4.44. The second-order valence-electron chi connectivity index (χ2n) is 3.64. The smallest absolute Gasteiger partial charge is 0.268 e. The molecule has 0 atom stereocenters. The molecule has 0 spiro atoms. The number of rotatable bonds is 2. The number of carbonyl (C=O) groups excluding carboxylic acids is 1. The van der Waals surface area contributed by atoms with Gasteiger partial charge in [-0.1, -0.05) is 0 Å². The molecule has 72 valence electrons. The van der Waals surface area contributed by atoms with Gasteiger partial charge in [-0.05, 0) is 32.4 Å². The Morgan fingerprint density at radius 3 is 2.54 bits per heavy atom. The van der Waals surface area contributed by atoms with E-state index in [1.54, 1.807) is 0 Å². The summed E-state index contributed by atoms with van der Waals surface area (Å²) in [6.07, 6.45) is 1.94. The first-order chi connectivity index (χ1) is 6.00. The highest BCUT2D eigenvalue weighted by molar-refractivity contribution is 5.93. The topological polar surface area (TPSA) is 34.0 Å². The molecule has 1 rings (SSSR count). The third kappa shape index (κ3) is 2.34. The number of aryl methyl sites for hydroxylation is 2. The normalized spacial score (nSPS) is 10.5. The molecule has 0 aliphatic rings. The fourth-order valence-electron chi connectivity index (χ4n) is 1.29. The van der Waals surface area contributed by atoms with Gasteiger partial charge in [-0.25, -0.2) is 0 Å². The van der Waals surface area contributed by atoms with E-state index in [1.165, 1.54) is 0 Å². The van der Waals surface area contributed by atoms with Crippen LogP contribution in [0.2, 0.25) is 0 Å². The Labute approximate surface area is 78.8 Å². The Morgan fingerprint density at radius 1 is 1.54 bits per heavy atom. The third-order valence-electron chi connectivity index (χ3n) is 1.79. The Balaban J connectivity index is 2.82. The zero-order chi connectivity index (χ0) is 10.0. The summed E-state index contributed by atoms with van der Waals surface area (Å²) in [7, 11) is 1.88. The third-order valence-corrected chi connectivity index (χ3v) is 1.79. The number of hydrogen-bond acceptors (Lipinski definition) is 1. The van der Waals surface area contributed by atoms with Crippen LogP contribution in [0.4, 0.5) is 0 Å². The lowest BCUT2D eigenvalue weighted by atomic mass is 10.3. The number of hydrogen-bond donors (Lipinski definition) is 1. The molecular formula is C10H16N2O. The van der Waals surface area contributed by atoms with E-state index >= 15 is 0 Å². The minimum absolute atomic E-state index is 0.00870. The van der Waals surface area contributed by atoms with Crippen molar-refractivity contribution >= 4 is 5.91 Å². The quantitative estimate of drug-likeness (QED) is 0.734. The maximum absolute atomic E-state index is 11.6. The zero-order valence-electron chi connectivity index (χ0n) is 8.59. The minimum atomic E-state index is -0.00870. The highest BCUT2D eigenvalue weighted by Crippen LogP contribution is 2.05.